The number of benzene rings is 1. The second kappa shape index (κ2) is 8.27. The van der Waals surface area contributed by atoms with Crippen LogP contribution in [0.4, 0.5) is 23.2 Å². The number of aromatic nitrogens is 1. The Hall–Kier alpha value is -2.20. The number of rotatable bonds is 6. The molecule has 158 valence electrons. The van der Waals surface area contributed by atoms with Gasteiger partial charge in [-0.15, -0.1) is 0 Å². The summed E-state index contributed by atoms with van der Waals surface area (Å²) in [6, 6.07) is 2.58. The molecule has 0 saturated carbocycles. The van der Waals surface area contributed by atoms with E-state index in [9.17, 15) is 26.0 Å². The molecule has 1 unspecified atom stereocenters. The Labute approximate surface area is 167 Å². The molecule has 1 atom stereocenters. The highest BCUT2D eigenvalue weighted by molar-refractivity contribution is 7.89. The van der Waals surface area contributed by atoms with Gasteiger partial charge >= 0.3 is 6.18 Å². The van der Waals surface area contributed by atoms with E-state index in [2.05, 4.69) is 4.98 Å². The van der Waals surface area contributed by atoms with E-state index in [1.807, 2.05) is 4.90 Å². The van der Waals surface area contributed by atoms with E-state index in [0.717, 1.165) is 56.4 Å². The molecule has 10 heteroatoms. The molecule has 5 nitrogen and oxygen atoms in total. The van der Waals surface area contributed by atoms with Crippen molar-refractivity contribution in [1.29, 1.82) is 0 Å². The van der Waals surface area contributed by atoms with Crippen LogP contribution in [0.1, 0.15) is 31.4 Å². The van der Waals surface area contributed by atoms with Gasteiger partial charge in [-0.3, -0.25) is 4.98 Å². The quantitative estimate of drug-likeness (QED) is 0.646. The van der Waals surface area contributed by atoms with Crippen LogP contribution in [0.25, 0.3) is 0 Å². The SMILES string of the molecule is CCN(C(c1ccc(F)cc1)C(F)(F)F)S(=O)(=O)c1cncc(N2CCCC2)c1. The fourth-order valence-corrected chi connectivity index (χ4v) is 5.08. The molecule has 1 aliphatic heterocycles. The molecule has 3 rings (SSSR count). The van der Waals surface area contributed by atoms with Gasteiger partial charge in [0, 0.05) is 25.8 Å². The lowest BCUT2D eigenvalue weighted by Crippen LogP contribution is -2.42. The van der Waals surface area contributed by atoms with Crippen LogP contribution in [0, 0.1) is 5.82 Å². The summed E-state index contributed by atoms with van der Waals surface area (Å²) in [5.41, 5.74) is 0.206. The van der Waals surface area contributed by atoms with Crippen molar-refractivity contribution >= 4 is 15.7 Å². The van der Waals surface area contributed by atoms with E-state index < -0.39 is 34.6 Å². The third-order valence-corrected chi connectivity index (χ3v) is 6.78. The normalized spacial score (nSPS) is 16.4. The molecular weight excluding hydrogens is 410 g/mol. The summed E-state index contributed by atoms with van der Waals surface area (Å²) >= 11 is 0. The third kappa shape index (κ3) is 4.53. The smallest absolute Gasteiger partial charge is 0.370 e. The molecule has 0 aliphatic carbocycles. The first-order valence-corrected chi connectivity index (χ1v) is 10.6. The zero-order valence-electron chi connectivity index (χ0n) is 15.7. The van der Waals surface area contributed by atoms with Crippen molar-refractivity contribution in [3.63, 3.8) is 0 Å². The van der Waals surface area contributed by atoms with Crippen LogP contribution >= 0.6 is 0 Å². The van der Waals surface area contributed by atoms with E-state index in [1.165, 1.54) is 19.2 Å². The number of pyridine rings is 1. The number of sulfonamides is 1. The number of hydrogen-bond acceptors (Lipinski definition) is 4. The van der Waals surface area contributed by atoms with Gasteiger partial charge in [0.2, 0.25) is 10.0 Å². The highest BCUT2D eigenvalue weighted by Gasteiger charge is 2.48. The number of anilines is 1. The summed E-state index contributed by atoms with van der Waals surface area (Å²) in [5, 5.41) is 0. The lowest BCUT2D eigenvalue weighted by molar-refractivity contribution is -0.173. The van der Waals surface area contributed by atoms with Crippen LogP contribution in [0.5, 0.6) is 0 Å². The van der Waals surface area contributed by atoms with Gasteiger partial charge in [0.1, 0.15) is 16.8 Å². The highest BCUT2D eigenvalue weighted by atomic mass is 32.2. The minimum atomic E-state index is -4.89. The third-order valence-electron chi connectivity index (χ3n) is 4.87. The zero-order chi connectivity index (χ0) is 21.2. The zero-order valence-corrected chi connectivity index (χ0v) is 16.5. The van der Waals surface area contributed by atoms with Gasteiger partial charge < -0.3 is 4.90 Å². The molecule has 1 aliphatic rings. The van der Waals surface area contributed by atoms with Crippen molar-refractivity contribution in [3.05, 3.63) is 54.1 Å². The molecular formula is C19H21F4N3O2S. The largest absolute Gasteiger partial charge is 0.409 e. The van der Waals surface area contributed by atoms with Gasteiger partial charge in [0.05, 0.1) is 11.9 Å². The van der Waals surface area contributed by atoms with E-state index in [0.29, 0.717) is 9.99 Å². The van der Waals surface area contributed by atoms with Gasteiger partial charge in [0.25, 0.3) is 0 Å². The molecule has 1 fully saturated rings. The first kappa shape index (κ1) is 21.5. The Kier molecular flexibility index (Phi) is 6.13. The Balaban J connectivity index is 2.04. The molecule has 0 amide bonds. The predicted octanol–water partition coefficient (Wildman–Crippen LogP) is 4.14. The summed E-state index contributed by atoms with van der Waals surface area (Å²) in [6.45, 7) is 2.39. The van der Waals surface area contributed by atoms with E-state index in [4.69, 9.17) is 0 Å². The Bertz CT molecular complexity index is 943. The highest BCUT2D eigenvalue weighted by Crippen LogP contribution is 2.40. The minimum Gasteiger partial charge on any atom is -0.370 e. The van der Waals surface area contributed by atoms with Crippen molar-refractivity contribution in [3.8, 4) is 0 Å². The lowest BCUT2D eigenvalue weighted by atomic mass is 10.1. The maximum Gasteiger partial charge on any atom is 0.409 e. The maximum absolute atomic E-state index is 13.9. The molecule has 0 bridgehead atoms. The van der Waals surface area contributed by atoms with Gasteiger partial charge in [-0.25, -0.2) is 12.8 Å². The molecule has 29 heavy (non-hydrogen) atoms. The summed E-state index contributed by atoms with van der Waals surface area (Å²) in [6.07, 6.45) is -0.421. The van der Waals surface area contributed by atoms with E-state index in [1.54, 1.807) is 0 Å². The average Bonchev–Trinajstić information content (AvgIpc) is 3.21. The fourth-order valence-electron chi connectivity index (χ4n) is 3.49. The molecule has 0 N–H and O–H groups in total. The summed E-state index contributed by atoms with van der Waals surface area (Å²) < 4.78 is 81.6. The molecule has 0 spiro atoms. The van der Waals surface area contributed by atoms with Gasteiger partial charge in [0.15, 0.2) is 0 Å². The number of nitrogens with zero attached hydrogens (tertiary/aromatic N) is 3. The van der Waals surface area contributed by atoms with Gasteiger partial charge in [-0.05, 0) is 36.6 Å². The van der Waals surface area contributed by atoms with Crippen molar-refractivity contribution < 1.29 is 26.0 Å². The van der Waals surface area contributed by atoms with Crippen molar-refractivity contribution in [2.24, 2.45) is 0 Å². The first-order chi connectivity index (χ1) is 13.6. The van der Waals surface area contributed by atoms with Crippen LogP contribution in [-0.2, 0) is 10.0 Å². The standard InChI is InChI=1S/C19H21F4N3O2S/c1-2-26(18(19(21,22)23)14-5-7-15(20)8-6-14)29(27,28)17-11-16(12-24-13-17)25-9-3-4-10-25/h5-8,11-13,18H,2-4,9-10H2,1H3. The number of halogens is 4. The Morgan fingerprint density at radius 2 is 1.76 bits per heavy atom. The van der Waals surface area contributed by atoms with Crippen molar-refractivity contribution in [1.82, 2.24) is 9.29 Å². The number of alkyl halides is 3. The molecule has 2 aromatic rings. The first-order valence-electron chi connectivity index (χ1n) is 9.18. The summed E-state index contributed by atoms with van der Waals surface area (Å²) in [4.78, 5) is 5.58. The molecule has 1 saturated heterocycles. The lowest BCUT2D eigenvalue weighted by Gasteiger charge is -2.32. The monoisotopic (exact) mass is 431 g/mol. The molecule has 2 heterocycles. The van der Waals surface area contributed by atoms with Gasteiger partial charge in [-0.2, -0.15) is 17.5 Å². The topological polar surface area (TPSA) is 53.5 Å². The predicted molar refractivity (Wildman–Crippen MR) is 100 cm³/mol. The molecule has 0 radical (unpaired) electrons. The van der Waals surface area contributed by atoms with Gasteiger partial charge in [-0.1, -0.05) is 19.1 Å². The minimum absolute atomic E-state index is 0.305. The second-order valence-electron chi connectivity index (χ2n) is 6.78. The Morgan fingerprint density at radius 3 is 2.31 bits per heavy atom. The number of hydrogen-bond donors (Lipinski definition) is 0. The van der Waals surface area contributed by atoms with Crippen LogP contribution < -0.4 is 4.90 Å². The molecule has 1 aromatic heterocycles. The van der Waals surface area contributed by atoms with Crippen LogP contribution in [0.3, 0.4) is 0 Å². The van der Waals surface area contributed by atoms with Crippen molar-refractivity contribution in [2.45, 2.75) is 36.9 Å². The van der Waals surface area contributed by atoms with Crippen LogP contribution in [0.15, 0.2) is 47.6 Å². The maximum atomic E-state index is 13.9. The van der Waals surface area contributed by atoms with Crippen molar-refractivity contribution in [2.75, 3.05) is 24.5 Å². The van der Waals surface area contributed by atoms with E-state index in [-0.39, 0.29) is 10.5 Å². The van der Waals surface area contributed by atoms with Crippen LogP contribution in [0.2, 0.25) is 0 Å². The summed E-state index contributed by atoms with van der Waals surface area (Å²) in [7, 11) is -4.51. The van der Waals surface area contributed by atoms with E-state index >= 15 is 0 Å². The average molecular weight is 431 g/mol. The second-order valence-corrected chi connectivity index (χ2v) is 8.67. The summed E-state index contributed by atoms with van der Waals surface area (Å²) in [5.74, 6) is -0.705. The fraction of sp³-hybridized carbons (Fsp3) is 0.421. The molecule has 1 aromatic carbocycles. The van der Waals surface area contributed by atoms with Crippen LogP contribution in [-0.4, -0.2) is 43.5 Å². The Morgan fingerprint density at radius 1 is 1.14 bits per heavy atom.